The summed E-state index contributed by atoms with van der Waals surface area (Å²) >= 11 is 5.97. The van der Waals surface area contributed by atoms with Gasteiger partial charge in [0.15, 0.2) is 11.5 Å². The molecule has 26 heavy (non-hydrogen) atoms. The Balaban J connectivity index is 1.95. The molecule has 4 nitrogen and oxygen atoms in total. The maximum Gasteiger partial charge on any atom is 0.220 e. The van der Waals surface area contributed by atoms with Crippen LogP contribution >= 0.6 is 11.6 Å². The molecular weight excluding hydrogens is 350 g/mol. The minimum atomic E-state index is -0.121. The first-order valence-corrected chi connectivity index (χ1v) is 9.15. The van der Waals surface area contributed by atoms with E-state index in [1.165, 1.54) is 0 Å². The van der Waals surface area contributed by atoms with Crippen molar-refractivity contribution in [3.63, 3.8) is 0 Å². The minimum absolute atomic E-state index is 0.000973. The van der Waals surface area contributed by atoms with Crippen LogP contribution in [0.15, 0.2) is 42.5 Å². The molecule has 0 bridgehead atoms. The van der Waals surface area contributed by atoms with Crippen LogP contribution in [0.5, 0.6) is 11.5 Å². The first-order chi connectivity index (χ1) is 12.4. The molecule has 0 radical (unpaired) electrons. The van der Waals surface area contributed by atoms with E-state index in [0.29, 0.717) is 29.4 Å². The van der Waals surface area contributed by atoms with E-state index in [2.05, 4.69) is 5.32 Å². The van der Waals surface area contributed by atoms with Gasteiger partial charge >= 0.3 is 0 Å². The van der Waals surface area contributed by atoms with Gasteiger partial charge in [-0.2, -0.15) is 0 Å². The van der Waals surface area contributed by atoms with Crippen LogP contribution in [-0.4, -0.2) is 19.1 Å². The van der Waals surface area contributed by atoms with E-state index in [9.17, 15) is 4.79 Å². The van der Waals surface area contributed by atoms with Gasteiger partial charge in [0.25, 0.3) is 0 Å². The Morgan fingerprint density at radius 2 is 1.88 bits per heavy atom. The highest BCUT2D eigenvalue weighted by atomic mass is 35.5. The second-order valence-electron chi connectivity index (χ2n) is 6.50. The summed E-state index contributed by atoms with van der Waals surface area (Å²) < 4.78 is 11.1. The fraction of sp³-hybridized carbons (Fsp3) is 0.381. The number of benzene rings is 2. The minimum Gasteiger partial charge on any atom is -0.493 e. The van der Waals surface area contributed by atoms with Gasteiger partial charge in [-0.25, -0.2) is 0 Å². The Kier molecular flexibility index (Phi) is 7.34. The maximum atomic E-state index is 12.3. The lowest BCUT2D eigenvalue weighted by atomic mass is 10.1. The van der Waals surface area contributed by atoms with E-state index < -0.39 is 0 Å². The third kappa shape index (κ3) is 5.95. The zero-order valence-electron chi connectivity index (χ0n) is 15.7. The number of hydrogen-bond donors (Lipinski definition) is 1. The first-order valence-electron chi connectivity index (χ1n) is 8.77. The summed E-state index contributed by atoms with van der Waals surface area (Å²) in [6, 6.07) is 13.2. The summed E-state index contributed by atoms with van der Waals surface area (Å²) in [5, 5.41) is 3.71. The molecule has 2 rings (SSSR count). The van der Waals surface area contributed by atoms with E-state index in [-0.39, 0.29) is 18.1 Å². The number of hydrogen-bond acceptors (Lipinski definition) is 3. The van der Waals surface area contributed by atoms with Gasteiger partial charge in [0.1, 0.15) is 0 Å². The molecule has 0 aromatic heterocycles. The lowest BCUT2D eigenvalue weighted by Gasteiger charge is -2.18. The smallest absolute Gasteiger partial charge is 0.220 e. The Hall–Kier alpha value is -2.20. The number of nitrogens with one attached hydrogen (secondary N) is 1. The predicted octanol–water partition coefficient (Wildman–Crippen LogP) is 4.95. The van der Waals surface area contributed by atoms with Gasteiger partial charge in [-0.05, 0) is 62.6 Å². The standard InChI is InChI=1S/C21H26ClNO3/c1-14(2)26-19-10-9-17(13-20(19)25-4)15(3)23-21(24)11-8-16-6-5-7-18(22)12-16/h5-7,9-10,12-15H,8,11H2,1-4H3,(H,23,24). The van der Waals surface area contributed by atoms with Gasteiger partial charge in [-0.15, -0.1) is 0 Å². The quantitative estimate of drug-likeness (QED) is 0.710. The number of methoxy groups -OCH3 is 1. The molecule has 2 aromatic carbocycles. The van der Waals surface area contributed by atoms with Crippen molar-refractivity contribution in [1.29, 1.82) is 0 Å². The summed E-state index contributed by atoms with van der Waals surface area (Å²) in [6.45, 7) is 5.89. The van der Waals surface area contributed by atoms with Crippen molar-refractivity contribution in [2.24, 2.45) is 0 Å². The number of carbonyl (C=O) groups excluding carboxylic acids is 1. The van der Waals surface area contributed by atoms with Crippen molar-refractivity contribution in [2.75, 3.05) is 7.11 Å². The Bertz CT molecular complexity index is 746. The van der Waals surface area contributed by atoms with Gasteiger partial charge in [-0.1, -0.05) is 29.8 Å². The van der Waals surface area contributed by atoms with Crippen LogP contribution in [0.4, 0.5) is 0 Å². The van der Waals surface area contributed by atoms with E-state index in [0.717, 1.165) is 11.1 Å². The van der Waals surface area contributed by atoms with Crippen molar-refractivity contribution in [3.05, 3.63) is 58.6 Å². The van der Waals surface area contributed by atoms with Gasteiger partial charge in [0, 0.05) is 11.4 Å². The van der Waals surface area contributed by atoms with E-state index >= 15 is 0 Å². The van der Waals surface area contributed by atoms with Crippen molar-refractivity contribution in [1.82, 2.24) is 5.32 Å². The van der Waals surface area contributed by atoms with Gasteiger partial charge in [-0.3, -0.25) is 4.79 Å². The molecule has 2 aromatic rings. The van der Waals surface area contributed by atoms with Gasteiger partial charge in [0.05, 0.1) is 19.3 Å². The van der Waals surface area contributed by atoms with E-state index in [1.807, 2.05) is 63.2 Å². The van der Waals surface area contributed by atoms with E-state index in [1.54, 1.807) is 7.11 Å². The number of ether oxygens (including phenoxy) is 2. The zero-order chi connectivity index (χ0) is 19.1. The fourth-order valence-corrected chi connectivity index (χ4v) is 2.87. The van der Waals surface area contributed by atoms with Crippen LogP contribution < -0.4 is 14.8 Å². The van der Waals surface area contributed by atoms with Crippen molar-refractivity contribution < 1.29 is 14.3 Å². The van der Waals surface area contributed by atoms with Crippen LogP contribution in [0.3, 0.4) is 0 Å². The zero-order valence-corrected chi connectivity index (χ0v) is 16.5. The molecule has 0 aliphatic rings. The van der Waals surface area contributed by atoms with Crippen LogP contribution in [0.2, 0.25) is 5.02 Å². The number of halogens is 1. The Morgan fingerprint density at radius 3 is 2.54 bits per heavy atom. The van der Waals surface area contributed by atoms with Crippen LogP contribution in [0.25, 0.3) is 0 Å². The topological polar surface area (TPSA) is 47.6 Å². The Morgan fingerprint density at radius 1 is 1.12 bits per heavy atom. The summed E-state index contributed by atoms with van der Waals surface area (Å²) in [6.07, 6.45) is 1.14. The number of amides is 1. The average Bonchev–Trinajstić information content (AvgIpc) is 2.60. The van der Waals surface area contributed by atoms with E-state index in [4.69, 9.17) is 21.1 Å². The van der Waals surface area contributed by atoms with Gasteiger partial charge < -0.3 is 14.8 Å². The van der Waals surface area contributed by atoms with Crippen molar-refractivity contribution in [3.8, 4) is 11.5 Å². The summed E-state index contributed by atoms with van der Waals surface area (Å²) in [5.74, 6) is 1.36. The highest BCUT2D eigenvalue weighted by Gasteiger charge is 2.14. The molecule has 0 spiro atoms. The molecule has 0 heterocycles. The molecule has 1 atom stereocenters. The largest absolute Gasteiger partial charge is 0.493 e. The third-order valence-electron chi connectivity index (χ3n) is 3.96. The first kappa shape index (κ1) is 20.1. The SMILES string of the molecule is COc1cc(C(C)NC(=O)CCc2cccc(Cl)c2)ccc1OC(C)C. The molecule has 0 aliphatic heterocycles. The number of rotatable bonds is 8. The second kappa shape index (κ2) is 9.48. The summed E-state index contributed by atoms with van der Waals surface area (Å²) in [7, 11) is 1.61. The third-order valence-corrected chi connectivity index (χ3v) is 4.19. The summed E-state index contributed by atoms with van der Waals surface area (Å²) in [5.41, 5.74) is 2.02. The van der Waals surface area contributed by atoms with Gasteiger partial charge in [0.2, 0.25) is 5.91 Å². The monoisotopic (exact) mass is 375 g/mol. The molecule has 0 saturated heterocycles. The summed E-state index contributed by atoms with van der Waals surface area (Å²) in [4.78, 5) is 12.3. The normalized spacial score (nSPS) is 11.9. The molecular formula is C21H26ClNO3. The molecule has 1 N–H and O–H groups in total. The highest BCUT2D eigenvalue weighted by Crippen LogP contribution is 2.31. The molecule has 1 unspecified atom stereocenters. The molecule has 0 saturated carbocycles. The molecule has 5 heteroatoms. The molecule has 0 fully saturated rings. The molecule has 0 aliphatic carbocycles. The average molecular weight is 376 g/mol. The fourth-order valence-electron chi connectivity index (χ4n) is 2.65. The molecule has 140 valence electrons. The van der Waals surface area contributed by atoms with Crippen LogP contribution in [0.1, 0.15) is 44.4 Å². The highest BCUT2D eigenvalue weighted by molar-refractivity contribution is 6.30. The van der Waals surface area contributed by atoms with Crippen LogP contribution in [0, 0.1) is 0 Å². The second-order valence-corrected chi connectivity index (χ2v) is 6.93. The van der Waals surface area contributed by atoms with Crippen LogP contribution in [-0.2, 0) is 11.2 Å². The van der Waals surface area contributed by atoms with Crippen molar-refractivity contribution >= 4 is 17.5 Å². The maximum absolute atomic E-state index is 12.3. The number of aryl methyl sites for hydroxylation is 1. The predicted molar refractivity (Wildman–Crippen MR) is 105 cm³/mol. The lowest BCUT2D eigenvalue weighted by molar-refractivity contribution is -0.121. The van der Waals surface area contributed by atoms with Crippen molar-refractivity contribution in [2.45, 2.75) is 45.8 Å². The molecule has 1 amide bonds. The Labute approximate surface area is 160 Å². The lowest BCUT2D eigenvalue weighted by Crippen LogP contribution is -2.26. The number of carbonyl (C=O) groups is 1.